The second kappa shape index (κ2) is 3.97. The number of carbonyl (C=O) groups excluding carboxylic acids is 2. The molecule has 0 spiro atoms. The average Bonchev–Trinajstić information content (AvgIpc) is 3.09. The number of aromatic hydroxyl groups is 1. The molecule has 1 saturated carbocycles. The molecule has 4 atom stereocenters. The van der Waals surface area contributed by atoms with Gasteiger partial charge in [-0.1, -0.05) is 12.2 Å². The Balaban J connectivity index is 1.80. The van der Waals surface area contributed by atoms with Crippen LogP contribution in [0.15, 0.2) is 24.3 Å². The van der Waals surface area contributed by atoms with E-state index in [0.717, 1.165) is 12.0 Å². The van der Waals surface area contributed by atoms with E-state index in [1.807, 2.05) is 6.92 Å². The van der Waals surface area contributed by atoms with Gasteiger partial charge >= 0.3 is 0 Å². The summed E-state index contributed by atoms with van der Waals surface area (Å²) in [7, 11) is 0. The van der Waals surface area contributed by atoms with E-state index in [2.05, 4.69) is 12.2 Å². The van der Waals surface area contributed by atoms with Crippen LogP contribution in [-0.4, -0.2) is 16.9 Å². The first kappa shape index (κ1) is 12.6. The zero-order chi connectivity index (χ0) is 14.9. The number of fused-ring (bicyclic) bond motifs is 5. The number of hydrogen-bond acceptors (Lipinski definition) is 3. The lowest BCUT2D eigenvalue weighted by Gasteiger charge is -2.20. The summed E-state index contributed by atoms with van der Waals surface area (Å²) in [6.07, 6.45) is 5.12. The molecular formula is C17H17NO3. The Bertz CT molecular complexity index is 676. The SMILES string of the molecule is Cc1cc(N2C(=O)C3C4C=CC(C4)C3C2=O)c(C)cc1O. The smallest absolute Gasteiger partial charge is 0.238 e. The quantitative estimate of drug-likeness (QED) is 0.635. The maximum Gasteiger partial charge on any atom is 0.238 e. The van der Waals surface area contributed by atoms with Gasteiger partial charge in [-0.15, -0.1) is 0 Å². The van der Waals surface area contributed by atoms with E-state index in [1.54, 1.807) is 19.1 Å². The van der Waals surface area contributed by atoms with Gasteiger partial charge in [-0.3, -0.25) is 9.59 Å². The first-order valence-electron chi connectivity index (χ1n) is 7.35. The summed E-state index contributed by atoms with van der Waals surface area (Å²) in [5, 5.41) is 9.76. The normalized spacial score (nSPS) is 33.1. The Hall–Kier alpha value is -2.10. The average molecular weight is 283 g/mol. The number of hydrogen-bond donors (Lipinski definition) is 1. The van der Waals surface area contributed by atoms with Gasteiger partial charge in [-0.05, 0) is 55.4 Å². The molecule has 2 aliphatic carbocycles. The second-order valence-electron chi connectivity index (χ2n) is 6.44. The number of phenols is 1. The van der Waals surface area contributed by atoms with Gasteiger partial charge in [0.2, 0.25) is 11.8 Å². The maximum absolute atomic E-state index is 12.7. The molecule has 4 heteroatoms. The van der Waals surface area contributed by atoms with Crippen molar-refractivity contribution in [3.05, 3.63) is 35.4 Å². The summed E-state index contributed by atoms with van der Waals surface area (Å²) >= 11 is 0. The van der Waals surface area contributed by atoms with E-state index >= 15 is 0 Å². The van der Waals surface area contributed by atoms with Gasteiger partial charge in [-0.25, -0.2) is 4.90 Å². The van der Waals surface area contributed by atoms with Crippen LogP contribution in [0.2, 0.25) is 0 Å². The second-order valence-corrected chi connectivity index (χ2v) is 6.44. The highest BCUT2D eigenvalue weighted by atomic mass is 16.3. The van der Waals surface area contributed by atoms with Crippen molar-refractivity contribution < 1.29 is 14.7 Å². The lowest BCUT2D eigenvalue weighted by molar-refractivity contribution is -0.123. The Labute approximate surface area is 123 Å². The minimum atomic E-state index is -0.180. The molecule has 1 saturated heterocycles. The first-order chi connectivity index (χ1) is 9.99. The van der Waals surface area contributed by atoms with Crippen LogP contribution < -0.4 is 4.90 Å². The number of nitrogens with zero attached hydrogens (tertiary/aromatic N) is 1. The molecule has 4 unspecified atom stereocenters. The predicted octanol–water partition coefficient (Wildman–Crippen LogP) is 2.32. The van der Waals surface area contributed by atoms with Gasteiger partial charge in [0, 0.05) is 0 Å². The molecule has 1 aromatic carbocycles. The van der Waals surface area contributed by atoms with Crippen LogP contribution in [0.25, 0.3) is 0 Å². The number of amides is 2. The molecule has 2 fully saturated rings. The Morgan fingerprint density at radius 1 is 1.00 bits per heavy atom. The summed E-state index contributed by atoms with van der Waals surface area (Å²) in [5.41, 5.74) is 2.04. The van der Waals surface area contributed by atoms with Gasteiger partial charge in [0.05, 0.1) is 17.5 Å². The van der Waals surface area contributed by atoms with Crippen molar-refractivity contribution in [1.29, 1.82) is 0 Å². The van der Waals surface area contributed by atoms with Gasteiger partial charge in [0.25, 0.3) is 0 Å². The van der Waals surface area contributed by atoms with E-state index in [-0.39, 0.29) is 41.2 Å². The van der Waals surface area contributed by atoms with E-state index in [1.165, 1.54) is 4.90 Å². The standard InChI is InChI=1S/C17H17NO3/c1-8-6-13(19)9(2)5-12(8)18-16(20)14-10-3-4-11(7-10)15(14)17(18)21/h3-6,10-11,14-15,19H,7H2,1-2H3. The van der Waals surface area contributed by atoms with Crippen molar-refractivity contribution in [3.63, 3.8) is 0 Å². The van der Waals surface area contributed by atoms with Gasteiger partial charge in [0.15, 0.2) is 0 Å². The number of imide groups is 1. The van der Waals surface area contributed by atoms with Crippen molar-refractivity contribution in [3.8, 4) is 5.75 Å². The van der Waals surface area contributed by atoms with Crippen LogP contribution in [0.1, 0.15) is 17.5 Å². The molecular weight excluding hydrogens is 266 g/mol. The lowest BCUT2D eigenvalue weighted by Crippen LogP contribution is -2.33. The van der Waals surface area contributed by atoms with Crippen LogP contribution in [0, 0.1) is 37.5 Å². The molecule has 2 bridgehead atoms. The fourth-order valence-corrected chi connectivity index (χ4v) is 4.17. The zero-order valence-electron chi connectivity index (χ0n) is 12.0. The third-order valence-electron chi connectivity index (χ3n) is 5.23. The zero-order valence-corrected chi connectivity index (χ0v) is 12.0. The summed E-state index contributed by atoms with van der Waals surface area (Å²) in [4.78, 5) is 26.8. The molecule has 4 nitrogen and oxygen atoms in total. The molecule has 0 radical (unpaired) electrons. The van der Waals surface area contributed by atoms with E-state index in [4.69, 9.17) is 0 Å². The number of phenolic OH excluding ortho intramolecular Hbond substituents is 1. The van der Waals surface area contributed by atoms with E-state index in [0.29, 0.717) is 11.3 Å². The van der Waals surface area contributed by atoms with Crippen molar-refractivity contribution in [2.75, 3.05) is 4.90 Å². The Morgan fingerprint density at radius 3 is 2.14 bits per heavy atom. The predicted molar refractivity (Wildman–Crippen MR) is 77.8 cm³/mol. The highest BCUT2D eigenvalue weighted by Crippen LogP contribution is 2.53. The summed E-state index contributed by atoms with van der Waals surface area (Å²) < 4.78 is 0. The molecule has 1 heterocycles. The Kier molecular flexibility index (Phi) is 2.39. The summed E-state index contributed by atoms with van der Waals surface area (Å²) in [6.45, 7) is 3.59. The first-order valence-corrected chi connectivity index (χ1v) is 7.35. The van der Waals surface area contributed by atoms with Crippen LogP contribution in [0.4, 0.5) is 5.69 Å². The van der Waals surface area contributed by atoms with Gasteiger partial charge in [0.1, 0.15) is 5.75 Å². The van der Waals surface area contributed by atoms with Crippen molar-refractivity contribution in [1.82, 2.24) is 0 Å². The molecule has 0 aromatic heterocycles. The molecule has 108 valence electrons. The molecule has 2 amide bonds. The maximum atomic E-state index is 12.7. The third-order valence-corrected chi connectivity index (χ3v) is 5.23. The molecule has 1 N–H and O–H groups in total. The fourth-order valence-electron chi connectivity index (χ4n) is 4.17. The van der Waals surface area contributed by atoms with E-state index in [9.17, 15) is 14.7 Å². The number of carbonyl (C=O) groups is 2. The minimum Gasteiger partial charge on any atom is -0.508 e. The number of rotatable bonds is 1. The van der Waals surface area contributed by atoms with Crippen LogP contribution >= 0.6 is 0 Å². The topological polar surface area (TPSA) is 57.6 Å². The van der Waals surface area contributed by atoms with Crippen molar-refractivity contribution in [2.24, 2.45) is 23.7 Å². The van der Waals surface area contributed by atoms with Crippen LogP contribution in [0.5, 0.6) is 5.75 Å². The molecule has 3 aliphatic rings. The lowest BCUT2D eigenvalue weighted by atomic mass is 9.85. The molecule has 1 aromatic rings. The third kappa shape index (κ3) is 1.50. The fraction of sp³-hybridized carbons (Fsp3) is 0.412. The van der Waals surface area contributed by atoms with Crippen LogP contribution in [-0.2, 0) is 9.59 Å². The van der Waals surface area contributed by atoms with Crippen molar-refractivity contribution in [2.45, 2.75) is 20.3 Å². The molecule has 21 heavy (non-hydrogen) atoms. The van der Waals surface area contributed by atoms with Crippen LogP contribution in [0.3, 0.4) is 0 Å². The highest BCUT2D eigenvalue weighted by molar-refractivity contribution is 6.23. The van der Waals surface area contributed by atoms with E-state index < -0.39 is 0 Å². The monoisotopic (exact) mass is 283 g/mol. The molecule has 1 aliphatic heterocycles. The van der Waals surface area contributed by atoms with Crippen molar-refractivity contribution >= 4 is 17.5 Å². The largest absolute Gasteiger partial charge is 0.508 e. The highest BCUT2D eigenvalue weighted by Gasteiger charge is 2.59. The summed E-state index contributed by atoms with van der Waals surface area (Å²) in [5.74, 6) is 0.129. The number of allylic oxidation sites excluding steroid dienone is 2. The summed E-state index contributed by atoms with van der Waals surface area (Å²) in [6, 6.07) is 3.35. The van der Waals surface area contributed by atoms with Gasteiger partial charge in [-0.2, -0.15) is 0 Å². The number of benzene rings is 1. The number of anilines is 1. The Morgan fingerprint density at radius 2 is 1.57 bits per heavy atom. The number of aryl methyl sites for hydroxylation is 2. The van der Waals surface area contributed by atoms with Gasteiger partial charge < -0.3 is 5.11 Å². The molecule has 4 rings (SSSR count). The minimum absolute atomic E-state index is 0.0740.